The van der Waals surface area contributed by atoms with E-state index in [0.29, 0.717) is 32.1 Å². The summed E-state index contributed by atoms with van der Waals surface area (Å²) in [6, 6.07) is 4.22. The third-order valence-corrected chi connectivity index (χ3v) is 6.75. The fourth-order valence-electron chi connectivity index (χ4n) is 3.25. The summed E-state index contributed by atoms with van der Waals surface area (Å²) in [7, 11) is -3.62. The lowest BCUT2D eigenvalue weighted by molar-refractivity contribution is 0.143. The van der Waals surface area contributed by atoms with E-state index in [1.54, 1.807) is 0 Å². The molecule has 1 unspecified atom stereocenters. The van der Waals surface area contributed by atoms with Crippen molar-refractivity contribution in [1.29, 1.82) is 0 Å². The van der Waals surface area contributed by atoms with Crippen molar-refractivity contribution < 1.29 is 17.5 Å². The fraction of sp³-hybridized carbons (Fsp3) is 0.625. The van der Waals surface area contributed by atoms with Gasteiger partial charge in [-0.05, 0) is 31.4 Å². The molecule has 0 bridgehead atoms. The highest BCUT2D eigenvalue weighted by molar-refractivity contribution is 7.89. The Hall–Kier alpha value is -1.02. The lowest BCUT2D eigenvalue weighted by Crippen LogP contribution is -2.49. The summed E-state index contributed by atoms with van der Waals surface area (Å²) in [6.07, 6.45) is 1.08. The van der Waals surface area contributed by atoms with Crippen LogP contribution in [0.5, 0.6) is 0 Å². The largest absolute Gasteiger partial charge is 0.381 e. The molecular formula is C16H23FN2O3S. The van der Waals surface area contributed by atoms with Crippen LogP contribution in [0.25, 0.3) is 0 Å². The van der Waals surface area contributed by atoms with Crippen LogP contribution in [0, 0.1) is 18.7 Å². The van der Waals surface area contributed by atoms with Crippen molar-refractivity contribution in [2.45, 2.75) is 18.2 Å². The van der Waals surface area contributed by atoms with E-state index in [0.717, 1.165) is 26.2 Å². The van der Waals surface area contributed by atoms with E-state index in [2.05, 4.69) is 4.90 Å². The van der Waals surface area contributed by atoms with Gasteiger partial charge in [0, 0.05) is 44.9 Å². The molecule has 1 atom stereocenters. The van der Waals surface area contributed by atoms with Gasteiger partial charge in [0.25, 0.3) is 0 Å². The molecule has 0 aliphatic carbocycles. The number of nitrogens with zero attached hydrogens (tertiary/aromatic N) is 2. The van der Waals surface area contributed by atoms with Crippen LogP contribution in [0.3, 0.4) is 0 Å². The zero-order chi connectivity index (χ0) is 16.4. The second-order valence-corrected chi connectivity index (χ2v) is 8.20. The molecule has 1 aromatic carbocycles. The third-order valence-electron chi connectivity index (χ3n) is 4.71. The van der Waals surface area contributed by atoms with E-state index in [1.807, 2.05) is 0 Å². The molecule has 128 valence electrons. The van der Waals surface area contributed by atoms with Crippen LogP contribution < -0.4 is 0 Å². The minimum absolute atomic E-state index is 0.0788. The zero-order valence-corrected chi connectivity index (χ0v) is 14.2. The molecule has 2 heterocycles. The third kappa shape index (κ3) is 3.57. The zero-order valence-electron chi connectivity index (χ0n) is 13.4. The number of piperazine rings is 1. The van der Waals surface area contributed by atoms with Crippen molar-refractivity contribution in [1.82, 2.24) is 9.21 Å². The molecule has 3 rings (SSSR count). The average molecular weight is 342 g/mol. The normalized spacial score (nSPS) is 24.2. The van der Waals surface area contributed by atoms with Gasteiger partial charge in [-0.25, -0.2) is 12.8 Å². The first-order valence-corrected chi connectivity index (χ1v) is 9.48. The van der Waals surface area contributed by atoms with E-state index in [9.17, 15) is 12.8 Å². The molecule has 1 aromatic rings. The number of hydrogen-bond donors (Lipinski definition) is 0. The fourth-order valence-corrected chi connectivity index (χ4v) is 4.91. The van der Waals surface area contributed by atoms with Gasteiger partial charge in [0.15, 0.2) is 0 Å². The predicted molar refractivity (Wildman–Crippen MR) is 85.3 cm³/mol. The van der Waals surface area contributed by atoms with Gasteiger partial charge in [0.2, 0.25) is 10.0 Å². The van der Waals surface area contributed by atoms with Gasteiger partial charge < -0.3 is 9.64 Å². The Morgan fingerprint density at radius 1 is 1.26 bits per heavy atom. The van der Waals surface area contributed by atoms with Crippen molar-refractivity contribution >= 4 is 10.0 Å². The molecular weight excluding hydrogens is 319 g/mol. The number of rotatable bonds is 4. The highest BCUT2D eigenvalue weighted by Gasteiger charge is 2.31. The van der Waals surface area contributed by atoms with Crippen molar-refractivity contribution in [3.63, 3.8) is 0 Å². The van der Waals surface area contributed by atoms with Gasteiger partial charge in [-0.15, -0.1) is 0 Å². The number of hydrogen-bond acceptors (Lipinski definition) is 4. The van der Waals surface area contributed by atoms with Crippen LogP contribution in [0.15, 0.2) is 23.1 Å². The lowest BCUT2D eigenvalue weighted by atomic mass is 10.1. The Labute approximate surface area is 137 Å². The van der Waals surface area contributed by atoms with E-state index in [1.165, 1.54) is 29.4 Å². The summed E-state index contributed by atoms with van der Waals surface area (Å²) >= 11 is 0. The lowest BCUT2D eigenvalue weighted by Gasteiger charge is -2.35. The van der Waals surface area contributed by atoms with Gasteiger partial charge in [-0.1, -0.05) is 6.07 Å². The van der Waals surface area contributed by atoms with Crippen LogP contribution in [0.4, 0.5) is 4.39 Å². The first kappa shape index (κ1) is 16.8. The van der Waals surface area contributed by atoms with Gasteiger partial charge >= 0.3 is 0 Å². The number of sulfonamides is 1. The van der Waals surface area contributed by atoms with Gasteiger partial charge in [-0.3, -0.25) is 0 Å². The second kappa shape index (κ2) is 6.84. The Kier molecular flexibility index (Phi) is 5.01. The minimum atomic E-state index is -3.62. The smallest absolute Gasteiger partial charge is 0.243 e. The van der Waals surface area contributed by atoms with Crippen molar-refractivity contribution in [2.24, 2.45) is 5.92 Å². The summed E-state index contributed by atoms with van der Waals surface area (Å²) in [5.74, 6) is 0.0783. The summed E-state index contributed by atoms with van der Waals surface area (Å²) in [6.45, 7) is 6.44. The molecule has 23 heavy (non-hydrogen) atoms. The average Bonchev–Trinajstić information content (AvgIpc) is 3.03. The number of benzene rings is 1. The summed E-state index contributed by atoms with van der Waals surface area (Å²) in [5, 5.41) is 0. The summed E-state index contributed by atoms with van der Waals surface area (Å²) in [4.78, 5) is 2.37. The van der Waals surface area contributed by atoms with Crippen molar-refractivity contribution in [3.8, 4) is 0 Å². The first-order valence-electron chi connectivity index (χ1n) is 8.04. The monoisotopic (exact) mass is 342 g/mol. The molecule has 0 saturated carbocycles. The molecule has 7 heteroatoms. The number of halogens is 1. The molecule has 2 aliphatic rings. The van der Waals surface area contributed by atoms with Gasteiger partial charge in [-0.2, -0.15) is 4.31 Å². The highest BCUT2D eigenvalue weighted by atomic mass is 32.2. The van der Waals surface area contributed by atoms with E-state index in [4.69, 9.17) is 4.74 Å². The molecule has 2 aliphatic heterocycles. The van der Waals surface area contributed by atoms with Crippen LogP contribution in [-0.2, 0) is 14.8 Å². The maximum Gasteiger partial charge on any atom is 0.243 e. The molecule has 2 saturated heterocycles. The first-order chi connectivity index (χ1) is 11.0. The Morgan fingerprint density at radius 2 is 2.00 bits per heavy atom. The minimum Gasteiger partial charge on any atom is -0.381 e. The Bertz CT molecular complexity index is 651. The maximum atomic E-state index is 13.7. The molecule has 0 aromatic heterocycles. The maximum absolute atomic E-state index is 13.7. The van der Waals surface area contributed by atoms with Crippen LogP contribution in [-0.4, -0.2) is 63.6 Å². The van der Waals surface area contributed by atoms with Crippen LogP contribution >= 0.6 is 0 Å². The Morgan fingerprint density at radius 3 is 2.65 bits per heavy atom. The number of ether oxygens (including phenoxy) is 1. The van der Waals surface area contributed by atoms with E-state index < -0.39 is 15.8 Å². The molecule has 5 nitrogen and oxygen atoms in total. The Balaban J connectivity index is 1.65. The molecule has 0 amide bonds. The van der Waals surface area contributed by atoms with Crippen LogP contribution in [0.1, 0.15) is 12.0 Å². The van der Waals surface area contributed by atoms with Crippen molar-refractivity contribution in [2.75, 3.05) is 45.9 Å². The van der Waals surface area contributed by atoms with Gasteiger partial charge in [0.1, 0.15) is 5.82 Å². The molecule has 2 fully saturated rings. The summed E-state index contributed by atoms with van der Waals surface area (Å²) in [5.41, 5.74) is 0.193. The molecule has 0 N–H and O–H groups in total. The predicted octanol–water partition coefficient (Wildman–Crippen LogP) is 1.48. The van der Waals surface area contributed by atoms with Gasteiger partial charge in [0.05, 0.1) is 11.5 Å². The van der Waals surface area contributed by atoms with Crippen LogP contribution in [0.2, 0.25) is 0 Å². The molecule has 0 spiro atoms. The standard InChI is InChI=1S/C16H23FN2O3S/c1-13-15(17)3-2-4-16(13)23(20,21)19-8-6-18(7-9-19)11-14-5-10-22-12-14/h2-4,14H,5-12H2,1H3. The topological polar surface area (TPSA) is 49.9 Å². The quantitative estimate of drug-likeness (QED) is 0.832. The second-order valence-electron chi connectivity index (χ2n) is 6.30. The summed E-state index contributed by atoms with van der Waals surface area (Å²) < 4.78 is 46.0. The van der Waals surface area contributed by atoms with E-state index >= 15 is 0 Å². The van der Waals surface area contributed by atoms with E-state index in [-0.39, 0.29) is 10.5 Å². The molecule has 0 radical (unpaired) electrons. The van der Waals surface area contributed by atoms with Crippen molar-refractivity contribution in [3.05, 3.63) is 29.6 Å². The highest BCUT2D eigenvalue weighted by Crippen LogP contribution is 2.23. The SMILES string of the molecule is Cc1c(F)cccc1S(=O)(=O)N1CCN(CC2CCOC2)CC1.